The van der Waals surface area contributed by atoms with Gasteiger partial charge in [0.1, 0.15) is 5.60 Å². The summed E-state index contributed by atoms with van der Waals surface area (Å²) < 4.78 is 5.25. The van der Waals surface area contributed by atoms with E-state index in [-0.39, 0.29) is 12.5 Å². The fraction of sp³-hybridized carbons (Fsp3) is 0.500. The second-order valence-corrected chi connectivity index (χ2v) is 6.42. The fourth-order valence-corrected chi connectivity index (χ4v) is 2.53. The van der Waals surface area contributed by atoms with Gasteiger partial charge in [0.05, 0.1) is 6.42 Å². The minimum Gasteiger partial charge on any atom is -0.481 e. The van der Waals surface area contributed by atoms with Crippen LogP contribution >= 0.6 is 0 Å². The van der Waals surface area contributed by atoms with Crippen molar-refractivity contribution in [3.63, 3.8) is 0 Å². The number of aliphatic carboxylic acids is 1. The molecule has 0 aliphatic heterocycles. The molecule has 5 nitrogen and oxygen atoms in total. The summed E-state index contributed by atoms with van der Waals surface area (Å²) in [6.45, 7) is 5.48. The highest BCUT2D eigenvalue weighted by Crippen LogP contribution is 2.24. The van der Waals surface area contributed by atoms with Crippen molar-refractivity contribution >= 4 is 12.1 Å². The number of fused-ring (bicyclic) bond motifs is 1. The lowest BCUT2D eigenvalue weighted by molar-refractivity contribution is -0.136. The van der Waals surface area contributed by atoms with E-state index in [4.69, 9.17) is 9.84 Å². The normalized spacial score (nSPS) is 17.2. The molecule has 1 atom stereocenters. The Morgan fingerprint density at radius 2 is 1.95 bits per heavy atom. The zero-order valence-corrected chi connectivity index (χ0v) is 12.6. The number of ether oxygens (including phenoxy) is 1. The Hall–Kier alpha value is -2.04. The first-order valence-corrected chi connectivity index (χ1v) is 7.05. The summed E-state index contributed by atoms with van der Waals surface area (Å²) in [5.74, 6) is -0.837. The van der Waals surface area contributed by atoms with Gasteiger partial charge in [-0.3, -0.25) is 4.79 Å². The van der Waals surface area contributed by atoms with Crippen LogP contribution < -0.4 is 5.32 Å². The monoisotopic (exact) mass is 291 g/mol. The van der Waals surface area contributed by atoms with E-state index in [1.54, 1.807) is 0 Å². The largest absolute Gasteiger partial charge is 0.481 e. The minimum atomic E-state index is -0.837. The van der Waals surface area contributed by atoms with Gasteiger partial charge in [-0.1, -0.05) is 18.2 Å². The average Bonchev–Trinajstić information content (AvgIpc) is 2.66. The number of carbonyl (C=O) groups excluding carboxylic acids is 1. The molecule has 1 aromatic carbocycles. The van der Waals surface area contributed by atoms with E-state index in [0.717, 1.165) is 23.1 Å². The van der Waals surface area contributed by atoms with Crippen molar-refractivity contribution < 1.29 is 19.4 Å². The number of carboxylic acid groups (broad SMARTS) is 1. The summed E-state index contributed by atoms with van der Waals surface area (Å²) in [5, 5.41) is 11.7. The second kappa shape index (κ2) is 5.76. The van der Waals surface area contributed by atoms with Crippen LogP contribution in [0.25, 0.3) is 0 Å². The maximum Gasteiger partial charge on any atom is 0.407 e. The lowest BCUT2D eigenvalue weighted by Crippen LogP contribution is -2.39. The van der Waals surface area contributed by atoms with E-state index in [1.165, 1.54) is 0 Å². The summed E-state index contributed by atoms with van der Waals surface area (Å²) >= 11 is 0. The van der Waals surface area contributed by atoms with Crippen LogP contribution in [-0.4, -0.2) is 28.8 Å². The summed E-state index contributed by atoms with van der Waals surface area (Å²) in [5.41, 5.74) is 2.55. The number of hydrogen-bond donors (Lipinski definition) is 2. The van der Waals surface area contributed by atoms with E-state index in [0.29, 0.717) is 6.42 Å². The third-order valence-corrected chi connectivity index (χ3v) is 3.28. The topological polar surface area (TPSA) is 75.6 Å². The fourth-order valence-electron chi connectivity index (χ4n) is 2.53. The zero-order valence-electron chi connectivity index (χ0n) is 12.6. The first-order valence-electron chi connectivity index (χ1n) is 7.05. The standard InChI is InChI=1S/C16H21NO4/c1-16(2,3)21-15(20)17-13-8-11-5-4-10(7-14(18)19)6-12(11)9-13/h4-6,13H,7-9H2,1-3H3,(H,17,20)(H,18,19). The molecule has 0 heterocycles. The highest BCUT2D eigenvalue weighted by atomic mass is 16.6. The molecule has 0 bridgehead atoms. The smallest absolute Gasteiger partial charge is 0.407 e. The Kier molecular flexibility index (Phi) is 4.21. The molecule has 2 N–H and O–H groups in total. The minimum absolute atomic E-state index is 0.00919. The molecule has 1 aromatic rings. The predicted molar refractivity (Wildman–Crippen MR) is 78.3 cm³/mol. The molecule has 21 heavy (non-hydrogen) atoms. The highest BCUT2D eigenvalue weighted by molar-refractivity contribution is 5.70. The molecule has 0 saturated heterocycles. The van der Waals surface area contributed by atoms with Gasteiger partial charge in [0, 0.05) is 6.04 Å². The third-order valence-electron chi connectivity index (χ3n) is 3.28. The van der Waals surface area contributed by atoms with Crippen molar-refractivity contribution in [3.05, 3.63) is 34.9 Å². The molecule has 1 amide bonds. The van der Waals surface area contributed by atoms with Gasteiger partial charge in [-0.2, -0.15) is 0 Å². The molecule has 0 aromatic heterocycles. The van der Waals surface area contributed by atoms with Crippen molar-refractivity contribution in [1.82, 2.24) is 5.32 Å². The first kappa shape index (κ1) is 15.4. The van der Waals surface area contributed by atoms with Crippen LogP contribution in [0, 0.1) is 0 Å². The molecule has 0 spiro atoms. The van der Waals surface area contributed by atoms with Crippen molar-refractivity contribution in [2.24, 2.45) is 0 Å². The van der Waals surface area contributed by atoms with Gasteiger partial charge in [0.25, 0.3) is 0 Å². The number of hydrogen-bond acceptors (Lipinski definition) is 3. The number of alkyl carbamates (subject to hydrolysis) is 1. The van der Waals surface area contributed by atoms with Crippen LogP contribution in [0.4, 0.5) is 4.79 Å². The average molecular weight is 291 g/mol. The highest BCUT2D eigenvalue weighted by Gasteiger charge is 2.25. The number of nitrogens with one attached hydrogen (secondary N) is 1. The van der Waals surface area contributed by atoms with Gasteiger partial charge in [-0.15, -0.1) is 0 Å². The van der Waals surface area contributed by atoms with E-state index in [9.17, 15) is 9.59 Å². The molecular formula is C16H21NO4. The maximum absolute atomic E-state index is 11.8. The molecule has 0 saturated carbocycles. The number of carboxylic acids is 1. The summed E-state index contributed by atoms with van der Waals surface area (Å²) in [6.07, 6.45) is 1.08. The number of carbonyl (C=O) groups is 2. The third kappa shape index (κ3) is 4.48. The van der Waals surface area contributed by atoms with Crippen molar-refractivity contribution in [1.29, 1.82) is 0 Å². The lowest BCUT2D eigenvalue weighted by Gasteiger charge is -2.21. The van der Waals surface area contributed by atoms with Crippen molar-refractivity contribution in [3.8, 4) is 0 Å². The molecule has 0 fully saturated rings. The molecule has 1 unspecified atom stereocenters. The van der Waals surface area contributed by atoms with Gasteiger partial charge in [-0.25, -0.2) is 4.79 Å². The Labute approximate surface area is 124 Å². The Bertz CT molecular complexity index is 560. The maximum atomic E-state index is 11.8. The Morgan fingerprint density at radius 1 is 1.29 bits per heavy atom. The van der Waals surface area contributed by atoms with Crippen LogP contribution in [0.5, 0.6) is 0 Å². The SMILES string of the molecule is CC(C)(C)OC(=O)NC1Cc2ccc(CC(=O)O)cc2C1. The zero-order chi connectivity index (χ0) is 15.6. The quantitative estimate of drug-likeness (QED) is 0.896. The molecule has 2 rings (SSSR count). The number of amides is 1. The second-order valence-electron chi connectivity index (χ2n) is 6.42. The lowest BCUT2D eigenvalue weighted by atomic mass is 10.0. The van der Waals surface area contributed by atoms with Gasteiger partial charge in [-0.05, 0) is 50.3 Å². The molecule has 5 heteroatoms. The van der Waals surface area contributed by atoms with Gasteiger partial charge in [0.15, 0.2) is 0 Å². The van der Waals surface area contributed by atoms with Crippen molar-refractivity contribution in [2.75, 3.05) is 0 Å². The molecule has 0 radical (unpaired) electrons. The Balaban J connectivity index is 1.96. The summed E-state index contributed by atoms with van der Waals surface area (Å²) in [4.78, 5) is 22.5. The van der Waals surface area contributed by atoms with Crippen LogP contribution in [-0.2, 0) is 28.8 Å². The first-order chi connectivity index (χ1) is 9.73. The van der Waals surface area contributed by atoms with Gasteiger partial charge >= 0.3 is 12.1 Å². The van der Waals surface area contributed by atoms with E-state index in [1.807, 2.05) is 39.0 Å². The summed E-state index contributed by atoms with van der Waals surface area (Å²) in [7, 11) is 0. The molecular weight excluding hydrogens is 270 g/mol. The Morgan fingerprint density at radius 3 is 2.57 bits per heavy atom. The molecule has 1 aliphatic carbocycles. The van der Waals surface area contributed by atoms with Gasteiger partial charge < -0.3 is 15.2 Å². The predicted octanol–water partition coefficient (Wildman–Crippen LogP) is 2.31. The molecule has 114 valence electrons. The van der Waals surface area contributed by atoms with Gasteiger partial charge in [0.2, 0.25) is 0 Å². The van der Waals surface area contributed by atoms with E-state index < -0.39 is 17.7 Å². The number of rotatable bonds is 3. The van der Waals surface area contributed by atoms with Crippen LogP contribution in [0.1, 0.15) is 37.5 Å². The van der Waals surface area contributed by atoms with Crippen LogP contribution in [0.3, 0.4) is 0 Å². The van der Waals surface area contributed by atoms with Crippen LogP contribution in [0.15, 0.2) is 18.2 Å². The van der Waals surface area contributed by atoms with E-state index >= 15 is 0 Å². The van der Waals surface area contributed by atoms with Crippen LogP contribution in [0.2, 0.25) is 0 Å². The number of benzene rings is 1. The summed E-state index contributed by atoms with van der Waals surface area (Å²) in [6, 6.07) is 5.71. The molecule has 1 aliphatic rings. The van der Waals surface area contributed by atoms with Crippen molar-refractivity contribution in [2.45, 2.75) is 51.7 Å². The van der Waals surface area contributed by atoms with E-state index in [2.05, 4.69) is 5.32 Å².